The molecule has 0 saturated carbocycles. The van der Waals surface area contributed by atoms with Crippen LogP contribution in [0.1, 0.15) is 29.5 Å². The summed E-state index contributed by atoms with van der Waals surface area (Å²) in [4.78, 5) is 0. The predicted octanol–water partition coefficient (Wildman–Crippen LogP) is 6.76. The molecule has 0 heterocycles. The third-order valence-corrected chi connectivity index (χ3v) is 4.72. The van der Waals surface area contributed by atoms with Crippen molar-refractivity contribution in [3.63, 3.8) is 0 Å². The lowest BCUT2D eigenvalue weighted by Crippen LogP contribution is -1.99. The molecule has 2 rings (SSSR count). The summed E-state index contributed by atoms with van der Waals surface area (Å²) in [6, 6.07) is 9.29. The molecule has 0 radical (unpaired) electrons. The lowest BCUT2D eigenvalue weighted by atomic mass is 9.92. The van der Waals surface area contributed by atoms with Gasteiger partial charge >= 0.3 is 0 Å². The average molecular weight is 334 g/mol. The Morgan fingerprint density at radius 2 is 1.47 bits per heavy atom. The molecule has 0 nitrogen and oxygen atoms in total. The van der Waals surface area contributed by atoms with Crippen LogP contribution in [0.3, 0.4) is 0 Å². The summed E-state index contributed by atoms with van der Waals surface area (Å²) in [6.45, 7) is 3.97. The van der Waals surface area contributed by atoms with Gasteiger partial charge in [-0.05, 0) is 41.8 Å². The molecule has 0 fully saturated rings. The van der Waals surface area contributed by atoms with Crippen molar-refractivity contribution >= 4 is 46.4 Å². The average Bonchev–Trinajstić information content (AvgIpc) is 2.35. The molecule has 2 aromatic carbocycles. The Kier molecular flexibility index (Phi) is 4.68. The fourth-order valence-corrected chi connectivity index (χ4v) is 3.14. The van der Waals surface area contributed by atoms with Crippen molar-refractivity contribution in [2.24, 2.45) is 0 Å². The molecule has 0 aromatic heterocycles. The zero-order valence-corrected chi connectivity index (χ0v) is 13.5. The molecule has 0 spiro atoms. The molecule has 2 aromatic rings. The molecule has 0 aliphatic heterocycles. The maximum atomic E-state index is 6.37. The molecule has 1 atom stereocenters. The summed E-state index contributed by atoms with van der Waals surface area (Å²) in [7, 11) is 0. The van der Waals surface area contributed by atoms with Gasteiger partial charge in [-0.2, -0.15) is 0 Å². The third kappa shape index (κ3) is 3.03. The van der Waals surface area contributed by atoms with Gasteiger partial charge in [0.15, 0.2) is 0 Å². The number of hydrogen-bond donors (Lipinski definition) is 0. The first-order valence-electron chi connectivity index (χ1n) is 5.81. The first-order chi connectivity index (χ1) is 8.91. The normalized spacial score (nSPS) is 12.5. The zero-order valence-electron chi connectivity index (χ0n) is 10.5. The van der Waals surface area contributed by atoms with Crippen LogP contribution in [0.2, 0.25) is 20.1 Å². The van der Waals surface area contributed by atoms with E-state index in [-0.39, 0.29) is 5.92 Å². The van der Waals surface area contributed by atoms with Crippen LogP contribution in [0, 0.1) is 6.92 Å². The van der Waals surface area contributed by atoms with E-state index < -0.39 is 0 Å². The van der Waals surface area contributed by atoms with E-state index in [9.17, 15) is 0 Å². The molecule has 19 heavy (non-hydrogen) atoms. The van der Waals surface area contributed by atoms with E-state index in [1.807, 2.05) is 31.2 Å². The highest BCUT2D eigenvalue weighted by Gasteiger charge is 2.17. The van der Waals surface area contributed by atoms with Crippen LogP contribution in [-0.2, 0) is 0 Å². The number of hydrogen-bond acceptors (Lipinski definition) is 0. The summed E-state index contributed by atoms with van der Waals surface area (Å²) >= 11 is 24.6. The van der Waals surface area contributed by atoms with Crippen molar-refractivity contribution in [2.45, 2.75) is 19.8 Å². The van der Waals surface area contributed by atoms with Crippen LogP contribution in [0.25, 0.3) is 0 Å². The van der Waals surface area contributed by atoms with Crippen LogP contribution in [0.4, 0.5) is 0 Å². The fourth-order valence-electron chi connectivity index (χ4n) is 2.04. The Balaban J connectivity index is 2.50. The lowest BCUT2D eigenvalue weighted by molar-refractivity contribution is 0.920. The summed E-state index contributed by atoms with van der Waals surface area (Å²) in [5.74, 6) is 0.0771. The predicted molar refractivity (Wildman–Crippen MR) is 85.2 cm³/mol. The Morgan fingerprint density at radius 1 is 0.842 bits per heavy atom. The number of benzene rings is 2. The molecule has 0 aliphatic rings. The summed E-state index contributed by atoms with van der Waals surface area (Å²) < 4.78 is 0. The Bertz CT molecular complexity index is 620. The van der Waals surface area contributed by atoms with Gasteiger partial charge in [-0.25, -0.2) is 0 Å². The fraction of sp³-hybridized carbons (Fsp3) is 0.200. The second-order valence-corrected chi connectivity index (χ2v) is 6.09. The summed E-state index contributed by atoms with van der Waals surface area (Å²) in [5.41, 5.74) is 2.89. The molecule has 0 aliphatic carbocycles. The van der Waals surface area contributed by atoms with E-state index in [0.717, 1.165) is 16.7 Å². The minimum atomic E-state index is 0.0771. The van der Waals surface area contributed by atoms with Crippen molar-refractivity contribution in [1.82, 2.24) is 0 Å². The van der Waals surface area contributed by atoms with Crippen LogP contribution >= 0.6 is 46.4 Å². The molecule has 0 bridgehead atoms. The second-order valence-electron chi connectivity index (χ2n) is 4.46. The molecule has 0 saturated heterocycles. The highest BCUT2D eigenvalue weighted by molar-refractivity contribution is 6.37. The molecule has 0 amide bonds. The summed E-state index contributed by atoms with van der Waals surface area (Å²) in [5, 5.41) is 2.62. The van der Waals surface area contributed by atoms with E-state index in [4.69, 9.17) is 46.4 Å². The Morgan fingerprint density at radius 3 is 2.11 bits per heavy atom. The van der Waals surface area contributed by atoms with Gasteiger partial charge in [-0.15, -0.1) is 0 Å². The first-order valence-corrected chi connectivity index (χ1v) is 7.32. The minimum Gasteiger partial charge on any atom is -0.0843 e. The van der Waals surface area contributed by atoms with Crippen molar-refractivity contribution in [2.75, 3.05) is 0 Å². The SMILES string of the molecule is Cc1c(Cl)ccc(C(C)c2ccc(Cl)cc2Cl)c1Cl. The van der Waals surface area contributed by atoms with Gasteiger partial charge < -0.3 is 0 Å². The van der Waals surface area contributed by atoms with E-state index >= 15 is 0 Å². The van der Waals surface area contributed by atoms with Crippen LogP contribution < -0.4 is 0 Å². The van der Waals surface area contributed by atoms with Gasteiger partial charge in [0, 0.05) is 26.0 Å². The largest absolute Gasteiger partial charge is 0.0843 e. The lowest BCUT2D eigenvalue weighted by Gasteiger charge is -2.17. The highest BCUT2D eigenvalue weighted by atomic mass is 35.5. The third-order valence-electron chi connectivity index (χ3n) is 3.25. The van der Waals surface area contributed by atoms with E-state index in [1.54, 1.807) is 6.07 Å². The monoisotopic (exact) mass is 332 g/mol. The van der Waals surface area contributed by atoms with Crippen LogP contribution in [0.5, 0.6) is 0 Å². The van der Waals surface area contributed by atoms with Crippen molar-refractivity contribution < 1.29 is 0 Å². The van der Waals surface area contributed by atoms with Crippen molar-refractivity contribution in [1.29, 1.82) is 0 Å². The number of halogens is 4. The topological polar surface area (TPSA) is 0 Å². The van der Waals surface area contributed by atoms with E-state index in [2.05, 4.69) is 6.92 Å². The molecular weight excluding hydrogens is 322 g/mol. The highest BCUT2D eigenvalue weighted by Crippen LogP contribution is 2.37. The van der Waals surface area contributed by atoms with Gasteiger partial charge in [0.25, 0.3) is 0 Å². The smallest absolute Gasteiger partial charge is 0.0488 e. The Labute approximate surface area is 133 Å². The van der Waals surface area contributed by atoms with Gasteiger partial charge in [0.05, 0.1) is 0 Å². The van der Waals surface area contributed by atoms with E-state index in [0.29, 0.717) is 20.1 Å². The molecule has 100 valence electrons. The van der Waals surface area contributed by atoms with Crippen molar-refractivity contribution in [3.05, 3.63) is 67.1 Å². The molecular formula is C15H12Cl4. The van der Waals surface area contributed by atoms with Gasteiger partial charge in [-0.1, -0.05) is 65.5 Å². The minimum absolute atomic E-state index is 0.0771. The zero-order chi connectivity index (χ0) is 14.2. The second kappa shape index (κ2) is 5.93. The van der Waals surface area contributed by atoms with Crippen LogP contribution in [0.15, 0.2) is 30.3 Å². The van der Waals surface area contributed by atoms with Gasteiger partial charge in [-0.3, -0.25) is 0 Å². The molecule has 4 heteroatoms. The van der Waals surface area contributed by atoms with E-state index in [1.165, 1.54) is 0 Å². The van der Waals surface area contributed by atoms with Crippen molar-refractivity contribution in [3.8, 4) is 0 Å². The maximum absolute atomic E-state index is 6.37. The van der Waals surface area contributed by atoms with Gasteiger partial charge in [0.1, 0.15) is 0 Å². The van der Waals surface area contributed by atoms with Crippen LogP contribution in [-0.4, -0.2) is 0 Å². The molecule has 0 N–H and O–H groups in total. The molecule has 1 unspecified atom stereocenters. The quantitative estimate of drug-likeness (QED) is 0.569. The maximum Gasteiger partial charge on any atom is 0.0488 e. The Hall–Kier alpha value is -0.400. The first kappa shape index (κ1) is 15.0. The number of rotatable bonds is 2. The standard InChI is InChI=1S/C15H12Cl4/c1-8(11-4-3-10(16)7-14(11)18)12-5-6-13(17)9(2)15(12)19/h3-8H,1-2H3. The van der Waals surface area contributed by atoms with Gasteiger partial charge in [0.2, 0.25) is 0 Å². The summed E-state index contributed by atoms with van der Waals surface area (Å²) in [6.07, 6.45) is 0.